The Hall–Kier alpha value is -1.46. The summed E-state index contributed by atoms with van der Waals surface area (Å²) in [5.41, 5.74) is 0.750. The van der Waals surface area contributed by atoms with Crippen molar-refractivity contribution in [3.8, 4) is 0 Å². The summed E-state index contributed by atoms with van der Waals surface area (Å²) >= 11 is 0. The first-order chi connectivity index (χ1) is 8.00. The van der Waals surface area contributed by atoms with Crippen LogP contribution in [0.25, 0.3) is 0 Å². The zero-order valence-electron chi connectivity index (χ0n) is 10.1. The molecule has 0 saturated carbocycles. The fourth-order valence-electron chi connectivity index (χ4n) is 1.34. The van der Waals surface area contributed by atoms with E-state index < -0.39 is 4.92 Å². The van der Waals surface area contributed by atoms with Crippen molar-refractivity contribution in [2.75, 3.05) is 6.61 Å². The van der Waals surface area contributed by atoms with Crippen LogP contribution >= 0.6 is 0 Å². The number of non-ortho nitro benzene ring substituents is 1. The molecule has 0 aromatic heterocycles. The number of nitro benzene ring substituents is 1. The third kappa shape index (κ3) is 3.80. The molecule has 0 saturated heterocycles. The van der Waals surface area contributed by atoms with Crippen LogP contribution in [0.1, 0.15) is 25.8 Å². The Kier molecular flexibility index (Phi) is 4.60. The molecule has 5 nitrogen and oxygen atoms in total. The summed E-state index contributed by atoms with van der Waals surface area (Å²) in [7, 11) is 0. The maximum atomic E-state index is 10.5. The van der Waals surface area contributed by atoms with Crippen LogP contribution in [-0.2, 0) is 6.54 Å². The topological polar surface area (TPSA) is 75.4 Å². The van der Waals surface area contributed by atoms with Crippen LogP contribution in [0.3, 0.4) is 0 Å². The van der Waals surface area contributed by atoms with E-state index in [9.17, 15) is 15.2 Å². The van der Waals surface area contributed by atoms with E-state index in [1.165, 1.54) is 12.1 Å². The fraction of sp³-hybridized carbons (Fsp3) is 0.500. The molecule has 1 aromatic carbocycles. The Bertz CT molecular complexity index is 372. The molecule has 5 heteroatoms. The van der Waals surface area contributed by atoms with E-state index in [0.29, 0.717) is 6.54 Å². The van der Waals surface area contributed by atoms with E-state index in [1.807, 2.05) is 13.8 Å². The lowest BCUT2D eigenvalue weighted by molar-refractivity contribution is -0.384. The molecule has 1 unspecified atom stereocenters. The Labute approximate surface area is 101 Å². The lowest BCUT2D eigenvalue weighted by Gasteiger charge is -2.27. The van der Waals surface area contributed by atoms with Crippen molar-refractivity contribution < 1.29 is 10.0 Å². The van der Waals surface area contributed by atoms with E-state index in [1.54, 1.807) is 12.1 Å². The van der Waals surface area contributed by atoms with Crippen LogP contribution in [-0.4, -0.2) is 22.2 Å². The van der Waals surface area contributed by atoms with Gasteiger partial charge in [0.2, 0.25) is 0 Å². The average Bonchev–Trinajstić information content (AvgIpc) is 2.36. The largest absolute Gasteiger partial charge is 0.394 e. The highest BCUT2D eigenvalue weighted by Crippen LogP contribution is 2.13. The molecule has 0 fully saturated rings. The number of hydrogen-bond acceptors (Lipinski definition) is 4. The van der Waals surface area contributed by atoms with Crippen molar-refractivity contribution in [1.29, 1.82) is 0 Å². The molecule has 0 bridgehead atoms. The van der Waals surface area contributed by atoms with E-state index >= 15 is 0 Å². The second kappa shape index (κ2) is 5.75. The number of nitrogens with zero attached hydrogens (tertiary/aromatic N) is 1. The lowest BCUT2D eigenvalue weighted by atomic mass is 10.00. The van der Waals surface area contributed by atoms with Gasteiger partial charge in [-0.3, -0.25) is 10.1 Å². The van der Waals surface area contributed by atoms with Gasteiger partial charge in [0.15, 0.2) is 0 Å². The van der Waals surface area contributed by atoms with Crippen LogP contribution in [0.2, 0.25) is 0 Å². The van der Waals surface area contributed by atoms with Crippen LogP contribution in [0.15, 0.2) is 24.3 Å². The van der Waals surface area contributed by atoms with Gasteiger partial charge in [-0.05, 0) is 18.9 Å². The second-order valence-electron chi connectivity index (χ2n) is 4.35. The van der Waals surface area contributed by atoms with Gasteiger partial charge in [-0.25, -0.2) is 0 Å². The number of nitro groups is 1. The molecular weight excluding hydrogens is 220 g/mol. The monoisotopic (exact) mass is 238 g/mol. The van der Waals surface area contributed by atoms with Gasteiger partial charge < -0.3 is 10.4 Å². The zero-order chi connectivity index (χ0) is 12.9. The minimum Gasteiger partial charge on any atom is -0.394 e. The highest BCUT2D eigenvalue weighted by Gasteiger charge is 2.19. The van der Waals surface area contributed by atoms with Gasteiger partial charge >= 0.3 is 0 Å². The Morgan fingerprint density at radius 2 is 2.00 bits per heavy atom. The molecule has 1 aromatic rings. The summed E-state index contributed by atoms with van der Waals surface area (Å²) in [6.45, 7) is 4.59. The molecule has 1 rings (SSSR count). The highest BCUT2D eigenvalue weighted by atomic mass is 16.6. The van der Waals surface area contributed by atoms with Gasteiger partial charge in [0.25, 0.3) is 5.69 Å². The average molecular weight is 238 g/mol. The number of benzene rings is 1. The van der Waals surface area contributed by atoms with Gasteiger partial charge in [-0.15, -0.1) is 0 Å². The van der Waals surface area contributed by atoms with Gasteiger partial charge in [0.1, 0.15) is 0 Å². The third-order valence-corrected chi connectivity index (χ3v) is 3.00. The summed E-state index contributed by atoms with van der Waals surface area (Å²) in [6.07, 6.45) is 0.816. The van der Waals surface area contributed by atoms with E-state index in [0.717, 1.165) is 12.0 Å². The zero-order valence-corrected chi connectivity index (χ0v) is 10.1. The minimum atomic E-state index is -0.416. The normalized spacial score (nSPS) is 14.3. The van der Waals surface area contributed by atoms with E-state index in [4.69, 9.17) is 0 Å². The van der Waals surface area contributed by atoms with Crippen molar-refractivity contribution in [3.63, 3.8) is 0 Å². The highest BCUT2D eigenvalue weighted by molar-refractivity contribution is 5.32. The number of rotatable bonds is 6. The standard InChI is InChI=1S/C12H18N2O3/c1-3-12(2,9-15)13-8-10-4-6-11(7-5-10)14(16)17/h4-7,13,15H,3,8-9H2,1-2H3. The molecule has 0 aliphatic carbocycles. The first kappa shape index (κ1) is 13.6. The van der Waals surface area contributed by atoms with Crippen LogP contribution in [0.5, 0.6) is 0 Å². The SMILES string of the molecule is CCC(C)(CO)NCc1ccc([N+](=O)[O-])cc1. The van der Waals surface area contributed by atoms with Crippen LogP contribution in [0, 0.1) is 10.1 Å². The third-order valence-electron chi connectivity index (χ3n) is 3.00. The molecule has 0 aliphatic heterocycles. The number of hydrogen-bond donors (Lipinski definition) is 2. The molecule has 0 aliphatic rings. The number of nitrogens with one attached hydrogen (secondary N) is 1. The quantitative estimate of drug-likeness (QED) is 0.585. The molecular formula is C12H18N2O3. The number of aliphatic hydroxyl groups excluding tert-OH is 1. The summed E-state index contributed by atoms with van der Waals surface area (Å²) < 4.78 is 0. The van der Waals surface area contributed by atoms with Gasteiger partial charge in [-0.2, -0.15) is 0 Å². The molecule has 0 radical (unpaired) electrons. The molecule has 0 amide bonds. The van der Waals surface area contributed by atoms with Crippen LogP contribution < -0.4 is 5.32 Å². The van der Waals surface area contributed by atoms with Crippen molar-refractivity contribution >= 4 is 5.69 Å². The first-order valence-electron chi connectivity index (χ1n) is 5.60. The predicted octanol–water partition coefficient (Wildman–Crippen LogP) is 1.85. The van der Waals surface area contributed by atoms with Crippen molar-refractivity contribution in [2.45, 2.75) is 32.4 Å². The van der Waals surface area contributed by atoms with E-state index in [2.05, 4.69) is 5.32 Å². The molecule has 1 atom stereocenters. The fourth-order valence-corrected chi connectivity index (χ4v) is 1.34. The first-order valence-corrected chi connectivity index (χ1v) is 5.60. The summed E-state index contributed by atoms with van der Waals surface area (Å²) in [6, 6.07) is 6.41. The van der Waals surface area contributed by atoms with Crippen LogP contribution in [0.4, 0.5) is 5.69 Å². The van der Waals surface area contributed by atoms with Crippen molar-refractivity contribution in [2.24, 2.45) is 0 Å². The van der Waals surface area contributed by atoms with Gasteiger partial charge in [0, 0.05) is 24.2 Å². The molecule has 0 heterocycles. The van der Waals surface area contributed by atoms with Crippen molar-refractivity contribution in [3.05, 3.63) is 39.9 Å². The summed E-state index contributed by atoms with van der Waals surface area (Å²) in [5.74, 6) is 0. The van der Waals surface area contributed by atoms with Gasteiger partial charge in [-0.1, -0.05) is 19.1 Å². The Morgan fingerprint density at radius 1 is 1.41 bits per heavy atom. The Balaban J connectivity index is 2.61. The maximum absolute atomic E-state index is 10.5. The molecule has 0 spiro atoms. The maximum Gasteiger partial charge on any atom is 0.269 e. The molecule has 17 heavy (non-hydrogen) atoms. The minimum absolute atomic E-state index is 0.0660. The predicted molar refractivity (Wildman–Crippen MR) is 65.7 cm³/mol. The smallest absolute Gasteiger partial charge is 0.269 e. The molecule has 2 N–H and O–H groups in total. The second-order valence-corrected chi connectivity index (χ2v) is 4.35. The summed E-state index contributed by atoms with van der Waals surface area (Å²) in [4.78, 5) is 10.1. The van der Waals surface area contributed by atoms with Crippen molar-refractivity contribution in [1.82, 2.24) is 5.32 Å². The van der Waals surface area contributed by atoms with Gasteiger partial charge in [0.05, 0.1) is 11.5 Å². The molecule has 94 valence electrons. The number of aliphatic hydroxyl groups is 1. The summed E-state index contributed by atoms with van der Waals surface area (Å²) in [5, 5.41) is 22.9. The lowest BCUT2D eigenvalue weighted by Crippen LogP contribution is -2.44. The Morgan fingerprint density at radius 3 is 2.41 bits per heavy atom. The van der Waals surface area contributed by atoms with E-state index in [-0.39, 0.29) is 17.8 Å².